The third kappa shape index (κ3) is 6.46. The molecule has 0 bridgehead atoms. The highest BCUT2D eigenvalue weighted by Crippen LogP contribution is 2.35. The van der Waals surface area contributed by atoms with Crippen molar-refractivity contribution in [2.24, 2.45) is 0 Å². The van der Waals surface area contributed by atoms with Gasteiger partial charge in [-0.25, -0.2) is 4.68 Å². The highest BCUT2D eigenvalue weighted by Gasteiger charge is 2.32. The van der Waals surface area contributed by atoms with Gasteiger partial charge in [0.1, 0.15) is 4.32 Å². The van der Waals surface area contributed by atoms with Gasteiger partial charge < -0.3 is 0 Å². The van der Waals surface area contributed by atoms with Crippen molar-refractivity contribution in [1.82, 2.24) is 14.7 Å². The molecule has 0 unspecified atom stereocenters. The molecule has 0 aliphatic carbocycles. The van der Waals surface area contributed by atoms with E-state index in [0.29, 0.717) is 15.8 Å². The molecule has 1 amide bonds. The minimum Gasteiger partial charge on any atom is -0.293 e. The monoisotopic (exact) mass is 521 g/mol. The predicted octanol–water partition coefficient (Wildman–Crippen LogP) is 7.82. The number of thiocarbonyl (C=S) groups is 1. The van der Waals surface area contributed by atoms with Gasteiger partial charge in [-0.15, -0.1) is 11.8 Å². The van der Waals surface area contributed by atoms with Crippen LogP contribution in [0.25, 0.3) is 23.0 Å². The summed E-state index contributed by atoms with van der Waals surface area (Å²) in [5.74, 6) is 1.11. The van der Waals surface area contributed by atoms with E-state index in [1.54, 1.807) is 4.90 Å². The van der Waals surface area contributed by atoms with Crippen molar-refractivity contribution >= 4 is 52.0 Å². The number of carbonyl (C=O) groups excluding carboxylic acids is 1. The summed E-state index contributed by atoms with van der Waals surface area (Å²) < 4.78 is 2.53. The van der Waals surface area contributed by atoms with E-state index >= 15 is 0 Å². The lowest BCUT2D eigenvalue weighted by Crippen LogP contribution is -2.29. The summed E-state index contributed by atoms with van der Waals surface area (Å²) in [5.41, 5.74) is 3.78. The highest BCUT2D eigenvalue weighted by molar-refractivity contribution is 8.26. The number of benzene rings is 2. The van der Waals surface area contributed by atoms with Gasteiger partial charge in [-0.3, -0.25) is 9.69 Å². The van der Waals surface area contributed by atoms with E-state index in [2.05, 4.69) is 38.1 Å². The maximum absolute atomic E-state index is 13.2. The van der Waals surface area contributed by atoms with Crippen LogP contribution in [-0.2, 0) is 4.79 Å². The molecule has 1 aliphatic heterocycles. The van der Waals surface area contributed by atoms with Crippen LogP contribution in [0.3, 0.4) is 0 Å². The number of aromatic nitrogens is 2. The Hall–Kier alpha value is -2.35. The minimum absolute atomic E-state index is 0.00113. The van der Waals surface area contributed by atoms with Gasteiger partial charge in [0.15, 0.2) is 0 Å². The molecule has 2 aromatic carbocycles. The number of nitrogens with zero attached hydrogens (tertiary/aromatic N) is 3. The Morgan fingerprint density at radius 1 is 1.00 bits per heavy atom. The number of rotatable bonds is 11. The van der Waals surface area contributed by atoms with Gasteiger partial charge in [0, 0.05) is 28.8 Å². The zero-order valence-electron chi connectivity index (χ0n) is 20.3. The Morgan fingerprint density at radius 2 is 1.77 bits per heavy atom. The van der Waals surface area contributed by atoms with Crippen molar-refractivity contribution in [2.45, 2.75) is 50.8 Å². The molecular weight excluding hydrogens is 491 g/mol. The molecule has 7 heteroatoms. The van der Waals surface area contributed by atoms with Crippen LogP contribution in [0.5, 0.6) is 0 Å². The maximum Gasteiger partial charge on any atom is 0.266 e. The van der Waals surface area contributed by atoms with Gasteiger partial charge in [0.25, 0.3) is 5.91 Å². The first kappa shape index (κ1) is 25.7. The first-order chi connectivity index (χ1) is 17.1. The van der Waals surface area contributed by atoms with E-state index in [0.717, 1.165) is 47.5 Å². The average molecular weight is 522 g/mol. The highest BCUT2D eigenvalue weighted by atomic mass is 32.2. The first-order valence-corrected chi connectivity index (χ1v) is 14.5. The number of amides is 1. The molecule has 1 aliphatic rings. The normalized spacial score (nSPS) is 14.9. The number of unbranched alkanes of at least 4 members (excludes halogenated alkanes) is 3. The molecule has 182 valence electrons. The SMILES string of the molecule is CCCCCCN1C(=O)C(=Cc2cn(-c3ccccc3)nc2-c2ccc(SCCC)cc2)SC1=S. The number of hydrogen-bond donors (Lipinski definition) is 0. The maximum atomic E-state index is 13.2. The summed E-state index contributed by atoms with van der Waals surface area (Å²) in [5, 5.41) is 4.92. The van der Waals surface area contributed by atoms with Crippen LogP contribution in [0.15, 0.2) is 70.6 Å². The van der Waals surface area contributed by atoms with E-state index in [-0.39, 0.29) is 5.91 Å². The predicted molar refractivity (Wildman–Crippen MR) is 154 cm³/mol. The molecule has 35 heavy (non-hydrogen) atoms. The Bertz CT molecular complexity index is 1190. The third-order valence-corrected chi connectivity index (χ3v) is 8.35. The molecule has 0 saturated carbocycles. The average Bonchev–Trinajstić information content (AvgIpc) is 3.42. The molecule has 1 fully saturated rings. The lowest BCUT2D eigenvalue weighted by Gasteiger charge is -2.13. The molecule has 2 heterocycles. The largest absolute Gasteiger partial charge is 0.293 e. The molecule has 0 radical (unpaired) electrons. The number of carbonyl (C=O) groups is 1. The summed E-state index contributed by atoms with van der Waals surface area (Å²) >= 11 is 8.80. The van der Waals surface area contributed by atoms with E-state index in [4.69, 9.17) is 17.3 Å². The molecular formula is C28H31N3OS3. The molecule has 4 nitrogen and oxygen atoms in total. The molecule has 1 saturated heterocycles. The molecule has 0 spiro atoms. The third-order valence-electron chi connectivity index (χ3n) is 5.76. The van der Waals surface area contributed by atoms with E-state index in [1.165, 1.54) is 29.5 Å². The second-order valence-electron chi connectivity index (χ2n) is 8.48. The summed E-state index contributed by atoms with van der Waals surface area (Å²) in [6.07, 6.45) is 9.55. The van der Waals surface area contributed by atoms with Gasteiger partial charge in [-0.1, -0.05) is 87.4 Å². The lowest BCUT2D eigenvalue weighted by molar-refractivity contribution is -0.122. The Morgan fingerprint density at radius 3 is 2.49 bits per heavy atom. The standard InChI is InChI=1S/C28H31N3OS3/c1-3-5-6-10-17-30-27(32)25(35-28(30)33)19-22-20-31(23-11-8-7-9-12-23)29-26(22)21-13-15-24(16-14-21)34-18-4-2/h7-9,11-16,19-20H,3-6,10,17-18H2,1-2H3. The van der Waals surface area contributed by atoms with Gasteiger partial charge >= 0.3 is 0 Å². The van der Waals surface area contributed by atoms with Gasteiger partial charge in [-0.2, -0.15) is 5.10 Å². The van der Waals surface area contributed by atoms with Crippen LogP contribution in [0.2, 0.25) is 0 Å². The second kappa shape index (κ2) is 12.6. The van der Waals surface area contributed by atoms with Crippen molar-refractivity contribution in [2.75, 3.05) is 12.3 Å². The molecule has 0 N–H and O–H groups in total. The van der Waals surface area contributed by atoms with Crippen LogP contribution >= 0.6 is 35.7 Å². The van der Waals surface area contributed by atoms with Crippen molar-refractivity contribution in [3.05, 3.63) is 71.3 Å². The second-order valence-corrected chi connectivity index (χ2v) is 11.3. The summed E-state index contributed by atoms with van der Waals surface area (Å²) in [6, 6.07) is 18.6. The fourth-order valence-corrected chi connectivity index (χ4v) is 5.96. The Labute approximate surface area is 222 Å². The lowest BCUT2D eigenvalue weighted by atomic mass is 10.1. The summed E-state index contributed by atoms with van der Waals surface area (Å²) in [7, 11) is 0. The van der Waals surface area contributed by atoms with Gasteiger partial charge in [0.05, 0.1) is 16.3 Å². The summed E-state index contributed by atoms with van der Waals surface area (Å²) in [4.78, 5) is 16.8. The molecule has 3 aromatic rings. The van der Waals surface area contributed by atoms with E-state index < -0.39 is 0 Å². The van der Waals surface area contributed by atoms with Crippen LogP contribution in [0.1, 0.15) is 51.5 Å². The Kier molecular flexibility index (Phi) is 9.24. The summed E-state index contributed by atoms with van der Waals surface area (Å²) in [6.45, 7) is 5.07. The fraction of sp³-hybridized carbons (Fsp3) is 0.321. The number of para-hydroxylation sites is 1. The topological polar surface area (TPSA) is 38.1 Å². The van der Waals surface area contributed by atoms with Crippen molar-refractivity contribution in [3.63, 3.8) is 0 Å². The minimum atomic E-state index is 0.00113. The van der Waals surface area contributed by atoms with E-state index in [9.17, 15) is 4.79 Å². The van der Waals surface area contributed by atoms with Gasteiger partial charge in [-0.05, 0) is 48.9 Å². The Balaban J connectivity index is 1.64. The molecule has 4 rings (SSSR count). The molecule has 1 aromatic heterocycles. The number of thioether (sulfide) groups is 2. The first-order valence-electron chi connectivity index (χ1n) is 12.2. The smallest absolute Gasteiger partial charge is 0.266 e. The van der Waals surface area contributed by atoms with Crippen LogP contribution in [0, 0.1) is 0 Å². The van der Waals surface area contributed by atoms with Crippen molar-refractivity contribution < 1.29 is 4.79 Å². The van der Waals surface area contributed by atoms with Gasteiger partial charge in [0.2, 0.25) is 0 Å². The van der Waals surface area contributed by atoms with Crippen LogP contribution in [-0.4, -0.2) is 37.2 Å². The fourth-order valence-electron chi connectivity index (χ4n) is 3.89. The molecule has 0 atom stereocenters. The zero-order valence-corrected chi connectivity index (χ0v) is 22.7. The van der Waals surface area contributed by atoms with Crippen LogP contribution in [0.4, 0.5) is 0 Å². The zero-order chi connectivity index (χ0) is 24.6. The quantitative estimate of drug-likeness (QED) is 0.111. The van der Waals surface area contributed by atoms with E-state index in [1.807, 2.05) is 59.0 Å². The number of hydrogen-bond acceptors (Lipinski definition) is 5. The van der Waals surface area contributed by atoms with Crippen molar-refractivity contribution in [1.29, 1.82) is 0 Å². The van der Waals surface area contributed by atoms with Crippen LogP contribution < -0.4 is 0 Å². The van der Waals surface area contributed by atoms with Crippen molar-refractivity contribution in [3.8, 4) is 16.9 Å².